The van der Waals surface area contributed by atoms with Gasteiger partial charge >= 0.3 is 6.61 Å². The number of anilines is 5. The number of benzene rings is 1. The van der Waals surface area contributed by atoms with E-state index in [0.717, 1.165) is 0 Å². The molecule has 0 atom stereocenters. The summed E-state index contributed by atoms with van der Waals surface area (Å²) in [5.74, 6) is -0.538. The molecule has 0 aliphatic carbocycles. The Hall–Kier alpha value is -3.18. The molecule has 1 aromatic carbocycles. The van der Waals surface area contributed by atoms with Crippen LogP contribution in [0, 0.1) is 0 Å². The van der Waals surface area contributed by atoms with Gasteiger partial charge in [0.15, 0.2) is 11.6 Å². The van der Waals surface area contributed by atoms with Gasteiger partial charge in [-0.1, -0.05) is 11.6 Å². The minimum Gasteiger partial charge on any atom is -0.433 e. The number of nitrogens with one attached hydrogen (secondary N) is 2. The molecule has 0 aliphatic rings. The van der Waals surface area contributed by atoms with E-state index in [1.54, 1.807) is 11.4 Å². The summed E-state index contributed by atoms with van der Waals surface area (Å²) >= 11 is 7.34. The third kappa shape index (κ3) is 4.56. The van der Waals surface area contributed by atoms with Crippen molar-refractivity contribution in [2.45, 2.75) is 6.61 Å². The van der Waals surface area contributed by atoms with Crippen LogP contribution in [0.5, 0.6) is 5.75 Å². The fourth-order valence-electron chi connectivity index (χ4n) is 2.18. The predicted molar refractivity (Wildman–Crippen MR) is 104 cm³/mol. The lowest BCUT2D eigenvalue weighted by atomic mass is 10.2. The van der Waals surface area contributed by atoms with E-state index < -0.39 is 12.5 Å². The zero-order valence-corrected chi connectivity index (χ0v) is 15.5. The Morgan fingerprint density at radius 2 is 2.07 bits per heavy atom. The number of carbonyl (C=O) groups is 1. The van der Waals surface area contributed by atoms with Crippen molar-refractivity contribution in [3.8, 4) is 5.75 Å². The fourth-order valence-corrected chi connectivity index (χ4v) is 3.11. The van der Waals surface area contributed by atoms with Gasteiger partial charge in [-0.05, 0) is 23.6 Å². The van der Waals surface area contributed by atoms with Crippen LogP contribution in [0.15, 0.2) is 35.8 Å². The van der Waals surface area contributed by atoms with Crippen molar-refractivity contribution >= 4 is 57.0 Å². The number of primary amides is 1. The van der Waals surface area contributed by atoms with E-state index in [4.69, 9.17) is 23.1 Å². The van der Waals surface area contributed by atoms with Crippen LogP contribution in [0.1, 0.15) is 10.4 Å². The molecule has 6 N–H and O–H groups in total. The first kappa shape index (κ1) is 19.6. The standard InChI is InChI=1S/C16H13ClF2N6O2S/c17-9-6-22-16(23-10-2-1-7(20)5-11(10)27-15(18)19)25-13(9)24-14-8(12(21)26)3-4-28-14/h1-6,15H,20H2,(H2,21,26)(H2,22,23,24,25). The van der Waals surface area contributed by atoms with Gasteiger partial charge in [-0.3, -0.25) is 4.79 Å². The summed E-state index contributed by atoms with van der Waals surface area (Å²) in [7, 11) is 0. The van der Waals surface area contributed by atoms with Gasteiger partial charge in [-0.2, -0.15) is 13.8 Å². The van der Waals surface area contributed by atoms with Crippen molar-refractivity contribution in [2.24, 2.45) is 5.73 Å². The lowest BCUT2D eigenvalue weighted by Crippen LogP contribution is -2.12. The maximum Gasteiger partial charge on any atom is 0.387 e. The third-order valence-corrected chi connectivity index (χ3v) is 4.48. The highest BCUT2D eigenvalue weighted by molar-refractivity contribution is 7.14. The summed E-state index contributed by atoms with van der Waals surface area (Å²) in [5, 5.41) is 7.98. The molecule has 0 saturated carbocycles. The second kappa shape index (κ2) is 8.23. The molecule has 0 bridgehead atoms. The Balaban J connectivity index is 1.88. The molecule has 12 heteroatoms. The molecule has 0 radical (unpaired) electrons. The van der Waals surface area contributed by atoms with Crippen molar-refractivity contribution < 1.29 is 18.3 Å². The van der Waals surface area contributed by atoms with Crippen LogP contribution < -0.4 is 26.8 Å². The fraction of sp³-hybridized carbons (Fsp3) is 0.0625. The van der Waals surface area contributed by atoms with Crippen LogP contribution in [0.3, 0.4) is 0 Å². The number of thiophene rings is 1. The number of nitrogens with two attached hydrogens (primary N) is 2. The highest BCUT2D eigenvalue weighted by Crippen LogP contribution is 2.33. The molecule has 3 rings (SSSR count). The van der Waals surface area contributed by atoms with E-state index in [2.05, 4.69) is 25.3 Å². The number of nitrogens with zero attached hydrogens (tertiary/aromatic N) is 2. The van der Waals surface area contributed by atoms with Gasteiger partial charge in [-0.25, -0.2) is 4.98 Å². The SMILES string of the molecule is NC(=O)c1ccsc1Nc1nc(Nc2ccc(N)cc2OC(F)F)ncc1Cl. The van der Waals surface area contributed by atoms with E-state index in [1.165, 1.54) is 35.7 Å². The summed E-state index contributed by atoms with van der Waals surface area (Å²) in [5.41, 5.74) is 11.6. The van der Waals surface area contributed by atoms with Crippen molar-refractivity contribution in [1.82, 2.24) is 9.97 Å². The molecular formula is C16H13ClF2N6O2S. The smallest absolute Gasteiger partial charge is 0.387 e. The second-order valence-electron chi connectivity index (χ2n) is 5.30. The number of halogens is 3. The Morgan fingerprint density at radius 3 is 2.79 bits per heavy atom. The molecule has 146 valence electrons. The predicted octanol–water partition coefficient (Wildman–Crippen LogP) is 3.96. The number of carbonyl (C=O) groups excluding carboxylic acids is 1. The van der Waals surface area contributed by atoms with Gasteiger partial charge in [0.25, 0.3) is 5.91 Å². The van der Waals surface area contributed by atoms with Gasteiger partial charge in [-0.15, -0.1) is 11.3 Å². The molecule has 1 amide bonds. The number of amides is 1. The highest BCUT2D eigenvalue weighted by Gasteiger charge is 2.15. The molecular weight excluding hydrogens is 414 g/mol. The van der Waals surface area contributed by atoms with Gasteiger partial charge in [0.1, 0.15) is 10.0 Å². The normalized spacial score (nSPS) is 10.7. The van der Waals surface area contributed by atoms with Crippen molar-refractivity contribution in [1.29, 1.82) is 0 Å². The van der Waals surface area contributed by atoms with Crippen molar-refractivity contribution in [2.75, 3.05) is 16.4 Å². The molecule has 8 nitrogen and oxygen atoms in total. The Kier molecular flexibility index (Phi) is 5.76. The maximum atomic E-state index is 12.6. The molecule has 0 aliphatic heterocycles. The van der Waals surface area contributed by atoms with Crippen LogP contribution in [0.25, 0.3) is 0 Å². The van der Waals surface area contributed by atoms with Crippen molar-refractivity contribution in [3.05, 3.63) is 46.4 Å². The average Bonchev–Trinajstić information content (AvgIpc) is 3.08. The molecule has 0 unspecified atom stereocenters. The molecule has 0 saturated heterocycles. The Morgan fingerprint density at radius 1 is 1.29 bits per heavy atom. The number of hydrogen-bond acceptors (Lipinski definition) is 8. The van der Waals surface area contributed by atoms with Crippen LogP contribution in [-0.4, -0.2) is 22.5 Å². The number of ether oxygens (including phenoxy) is 1. The molecule has 2 heterocycles. The lowest BCUT2D eigenvalue weighted by molar-refractivity contribution is -0.0493. The maximum absolute atomic E-state index is 12.6. The minimum atomic E-state index is -3.03. The second-order valence-corrected chi connectivity index (χ2v) is 6.63. The third-order valence-electron chi connectivity index (χ3n) is 3.37. The number of aromatic nitrogens is 2. The summed E-state index contributed by atoms with van der Waals surface area (Å²) in [6.07, 6.45) is 1.31. The molecule has 0 fully saturated rings. The van der Waals surface area contributed by atoms with E-state index >= 15 is 0 Å². The summed E-state index contributed by atoms with van der Waals surface area (Å²) in [6, 6.07) is 5.75. The van der Waals surface area contributed by atoms with Crippen LogP contribution >= 0.6 is 22.9 Å². The van der Waals surface area contributed by atoms with Gasteiger partial charge in [0, 0.05) is 11.8 Å². The topological polar surface area (TPSA) is 128 Å². The molecule has 28 heavy (non-hydrogen) atoms. The number of rotatable bonds is 7. The Bertz CT molecular complexity index is 1020. The first-order valence-corrected chi connectivity index (χ1v) is 8.87. The highest BCUT2D eigenvalue weighted by atomic mass is 35.5. The van der Waals surface area contributed by atoms with Gasteiger partial charge < -0.3 is 26.8 Å². The van der Waals surface area contributed by atoms with Gasteiger partial charge in [0.2, 0.25) is 5.95 Å². The minimum absolute atomic E-state index is 0.0490. The van der Waals surface area contributed by atoms with Crippen LogP contribution in [0.4, 0.5) is 36.9 Å². The van der Waals surface area contributed by atoms with Gasteiger partial charge in [0.05, 0.1) is 17.4 Å². The van der Waals surface area contributed by atoms with Crippen molar-refractivity contribution in [3.63, 3.8) is 0 Å². The molecule has 2 aromatic heterocycles. The van der Waals surface area contributed by atoms with Crippen LogP contribution in [-0.2, 0) is 0 Å². The first-order chi connectivity index (χ1) is 13.3. The summed E-state index contributed by atoms with van der Waals surface area (Å²) in [4.78, 5) is 19.7. The number of alkyl halides is 2. The zero-order chi connectivity index (χ0) is 20.3. The number of hydrogen-bond donors (Lipinski definition) is 4. The van der Waals surface area contributed by atoms with E-state index in [0.29, 0.717) is 5.00 Å². The zero-order valence-electron chi connectivity index (χ0n) is 13.9. The van der Waals surface area contributed by atoms with E-state index in [1.807, 2.05) is 0 Å². The van der Waals surface area contributed by atoms with Crippen LogP contribution in [0.2, 0.25) is 5.02 Å². The summed E-state index contributed by atoms with van der Waals surface area (Å²) < 4.78 is 29.7. The summed E-state index contributed by atoms with van der Waals surface area (Å²) in [6.45, 7) is -3.03. The molecule has 0 spiro atoms. The number of nitrogen functional groups attached to an aromatic ring is 1. The lowest BCUT2D eigenvalue weighted by Gasteiger charge is -2.13. The Labute approximate surface area is 166 Å². The largest absolute Gasteiger partial charge is 0.433 e. The molecule has 3 aromatic rings. The average molecular weight is 427 g/mol. The quantitative estimate of drug-likeness (QED) is 0.421. The monoisotopic (exact) mass is 426 g/mol. The first-order valence-electron chi connectivity index (χ1n) is 7.61. The van der Waals surface area contributed by atoms with E-state index in [9.17, 15) is 13.6 Å². The van der Waals surface area contributed by atoms with E-state index in [-0.39, 0.29) is 39.5 Å².